The Morgan fingerprint density at radius 1 is 1.17 bits per heavy atom. The highest BCUT2D eigenvalue weighted by atomic mass is 32.2. The van der Waals surface area contributed by atoms with Crippen LogP contribution in [0.15, 0.2) is 74.2 Å². The lowest BCUT2D eigenvalue weighted by Crippen LogP contribution is -2.30. The summed E-state index contributed by atoms with van der Waals surface area (Å²) in [6.45, 7) is 0. The first kappa shape index (κ1) is 23.1. The number of nitrogens with one attached hydrogen (secondary N) is 2. The van der Waals surface area contributed by atoms with Gasteiger partial charge in [0.25, 0.3) is 10.0 Å². The minimum Gasteiger partial charge on any atom is -0.494 e. The number of hydrogen-bond donors (Lipinski definition) is 3. The molecule has 0 saturated heterocycles. The van der Waals surface area contributed by atoms with E-state index >= 15 is 0 Å². The van der Waals surface area contributed by atoms with Gasteiger partial charge in [0.05, 0.1) is 17.5 Å². The van der Waals surface area contributed by atoms with Gasteiger partial charge in [-0.1, -0.05) is 12.1 Å². The van der Waals surface area contributed by atoms with Gasteiger partial charge in [-0.3, -0.25) is 13.9 Å². The van der Waals surface area contributed by atoms with E-state index in [1.807, 2.05) is 17.5 Å². The summed E-state index contributed by atoms with van der Waals surface area (Å²) in [5.74, 6) is -0.782. The molecule has 4 heterocycles. The maximum Gasteiger partial charge on any atom is 0.286 e. The van der Waals surface area contributed by atoms with Crippen molar-refractivity contribution < 1.29 is 21.9 Å². The lowest BCUT2D eigenvalue weighted by atomic mass is 10.0. The maximum absolute atomic E-state index is 13.6. The number of sulfonamides is 2. The standard InChI is InChI=1S/C22H18N4O6S3/c1-34(29,30)24-13-7-8-16-18(11-13)35(31,32)25-21(23-16)19-20(27)15(12-14-5-4-10-33-14)17-6-2-3-9-26(17)22(19)28/h2-11,24,28H,12H2,1H3,(H,23,25). The van der Waals surface area contributed by atoms with Crippen LogP contribution in [-0.2, 0) is 26.5 Å². The van der Waals surface area contributed by atoms with Crippen molar-refractivity contribution in [3.63, 3.8) is 0 Å². The smallest absolute Gasteiger partial charge is 0.286 e. The van der Waals surface area contributed by atoms with E-state index in [1.54, 1.807) is 24.4 Å². The molecule has 5 rings (SSSR count). The third-order valence-electron chi connectivity index (χ3n) is 5.32. The predicted octanol–water partition coefficient (Wildman–Crippen LogP) is 2.59. The first-order valence-electron chi connectivity index (χ1n) is 10.2. The number of benzene rings is 1. The molecule has 3 aromatic heterocycles. The SMILES string of the molecule is CS(=O)(=O)Nc1ccc2c(c1)S(=O)(=O)N=C(c1c(O)n3ccccc3c(Cc3cccs3)c1=O)N2. The molecule has 0 amide bonds. The van der Waals surface area contributed by atoms with Gasteiger partial charge in [-0.25, -0.2) is 8.42 Å². The van der Waals surface area contributed by atoms with Crippen LogP contribution >= 0.6 is 11.3 Å². The third kappa shape index (κ3) is 4.29. The molecule has 0 bridgehead atoms. The Balaban J connectivity index is 1.69. The molecule has 0 radical (unpaired) electrons. The van der Waals surface area contributed by atoms with Crippen LogP contribution in [0.25, 0.3) is 5.52 Å². The van der Waals surface area contributed by atoms with Crippen LogP contribution in [0, 0.1) is 0 Å². The number of aromatic nitrogens is 1. The monoisotopic (exact) mass is 530 g/mol. The number of pyridine rings is 2. The van der Waals surface area contributed by atoms with Gasteiger partial charge in [0.15, 0.2) is 5.84 Å². The molecule has 0 atom stereocenters. The fourth-order valence-corrected chi connectivity index (χ4v) is 6.30. The first-order chi connectivity index (χ1) is 16.5. The molecular weight excluding hydrogens is 512 g/mol. The van der Waals surface area contributed by atoms with Crippen molar-refractivity contribution in [2.75, 3.05) is 16.3 Å². The maximum atomic E-state index is 13.6. The van der Waals surface area contributed by atoms with Crippen molar-refractivity contribution in [1.29, 1.82) is 0 Å². The predicted molar refractivity (Wildman–Crippen MR) is 135 cm³/mol. The lowest BCUT2D eigenvalue weighted by molar-refractivity contribution is 0.443. The number of hydrogen-bond acceptors (Lipinski definition) is 8. The van der Waals surface area contributed by atoms with Gasteiger partial charge in [0, 0.05) is 28.7 Å². The van der Waals surface area contributed by atoms with Crippen LogP contribution in [0.4, 0.5) is 11.4 Å². The molecule has 3 N–H and O–H groups in total. The highest BCUT2D eigenvalue weighted by Gasteiger charge is 2.30. The number of amidine groups is 1. The average Bonchev–Trinajstić information content (AvgIpc) is 3.29. The quantitative estimate of drug-likeness (QED) is 0.359. The van der Waals surface area contributed by atoms with Crippen molar-refractivity contribution in [3.05, 3.63) is 86.3 Å². The molecule has 35 heavy (non-hydrogen) atoms. The minimum absolute atomic E-state index is 0.0436. The summed E-state index contributed by atoms with van der Waals surface area (Å²) in [5.41, 5.74) is 0.160. The van der Waals surface area contributed by atoms with Crippen molar-refractivity contribution in [3.8, 4) is 5.88 Å². The number of fused-ring (bicyclic) bond motifs is 2. The Morgan fingerprint density at radius 3 is 2.69 bits per heavy atom. The van der Waals surface area contributed by atoms with Gasteiger partial charge >= 0.3 is 0 Å². The van der Waals surface area contributed by atoms with E-state index in [4.69, 9.17) is 0 Å². The first-order valence-corrected chi connectivity index (χ1v) is 14.4. The summed E-state index contributed by atoms with van der Waals surface area (Å²) in [6.07, 6.45) is 2.80. The normalized spacial score (nSPS) is 14.7. The van der Waals surface area contributed by atoms with E-state index in [1.165, 1.54) is 27.9 Å². The van der Waals surface area contributed by atoms with E-state index in [9.17, 15) is 26.7 Å². The van der Waals surface area contributed by atoms with Crippen LogP contribution in [0.3, 0.4) is 0 Å². The molecule has 0 saturated carbocycles. The molecule has 0 aliphatic carbocycles. The Labute approximate surface area is 204 Å². The average molecular weight is 531 g/mol. The zero-order valence-electron chi connectivity index (χ0n) is 18.1. The van der Waals surface area contributed by atoms with Gasteiger partial charge in [-0.2, -0.15) is 8.42 Å². The van der Waals surface area contributed by atoms with Crippen molar-refractivity contribution in [2.24, 2.45) is 4.40 Å². The number of rotatable bonds is 5. The zero-order valence-corrected chi connectivity index (χ0v) is 20.5. The van der Waals surface area contributed by atoms with E-state index in [-0.39, 0.29) is 34.1 Å². The van der Waals surface area contributed by atoms with Gasteiger partial charge in [0.1, 0.15) is 10.5 Å². The fraction of sp³-hybridized carbons (Fsp3) is 0.0909. The Morgan fingerprint density at radius 2 is 1.97 bits per heavy atom. The molecule has 0 spiro atoms. The Bertz CT molecular complexity index is 1790. The van der Waals surface area contributed by atoms with Crippen LogP contribution in [0.1, 0.15) is 16.0 Å². The second-order valence-corrected chi connectivity index (χ2v) is 12.2. The number of nitrogens with zero attached hydrogens (tertiary/aromatic N) is 2. The number of aromatic hydroxyl groups is 1. The second kappa shape index (κ2) is 8.22. The van der Waals surface area contributed by atoms with Crippen LogP contribution in [0.2, 0.25) is 0 Å². The van der Waals surface area contributed by atoms with Crippen LogP contribution < -0.4 is 15.5 Å². The lowest BCUT2D eigenvalue weighted by Gasteiger charge is -2.21. The summed E-state index contributed by atoms with van der Waals surface area (Å²) >= 11 is 1.48. The zero-order chi connectivity index (χ0) is 25.0. The highest BCUT2D eigenvalue weighted by molar-refractivity contribution is 7.92. The third-order valence-corrected chi connectivity index (χ3v) is 8.12. The summed E-state index contributed by atoms with van der Waals surface area (Å²) in [7, 11) is -7.96. The molecular formula is C22H18N4O6S3. The molecule has 13 heteroatoms. The molecule has 0 fully saturated rings. The number of anilines is 2. The summed E-state index contributed by atoms with van der Waals surface area (Å²) in [6, 6.07) is 12.7. The molecule has 1 aromatic carbocycles. The molecule has 1 aliphatic rings. The second-order valence-electron chi connectivity index (χ2n) is 7.84. The summed E-state index contributed by atoms with van der Waals surface area (Å²) in [4.78, 5) is 14.3. The van der Waals surface area contributed by atoms with Crippen molar-refractivity contribution in [2.45, 2.75) is 11.3 Å². The summed E-state index contributed by atoms with van der Waals surface area (Å²) < 4.78 is 56.5. The molecule has 1 aliphatic heterocycles. The highest BCUT2D eigenvalue weighted by Crippen LogP contribution is 2.33. The van der Waals surface area contributed by atoms with E-state index < -0.39 is 31.4 Å². The largest absolute Gasteiger partial charge is 0.494 e. The van der Waals surface area contributed by atoms with Gasteiger partial charge < -0.3 is 10.4 Å². The van der Waals surface area contributed by atoms with Crippen molar-refractivity contribution in [1.82, 2.24) is 4.40 Å². The summed E-state index contributed by atoms with van der Waals surface area (Å²) in [5, 5.41) is 15.7. The molecule has 180 valence electrons. The van der Waals surface area contributed by atoms with Crippen LogP contribution in [-0.4, -0.2) is 38.4 Å². The van der Waals surface area contributed by atoms with E-state index in [0.29, 0.717) is 11.1 Å². The van der Waals surface area contributed by atoms with Gasteiger partial charge in [-0.05, 0) is 41.8 Å². The minimum atomic E-state index is -4.33. The fourth-order valence-electron chi connectivity index (χ4n) is 3.88. The van der Waals surface area contributed by atoms with Crippen LogP contribution in [0.5, 0.6) is 5.88 Å². The topological polar surface area (TPSA) is 146 Å². The Hall–Kier alpha value is -3.68. The van der Waals surface area contributed by atoms with Gasteiger partial charge in [0.2, 0.25) is 21.3 Å². The molecule has 10 nitrogen and oxygen atoms in total. The molecule has 4 aromatic rings. The molecule has 0 unspecified atom stereocenters. The van der Waals surface area contributed by atoms with E-state index in [2.05, 4.69) is 14.4 Å². The van der Waals surface area contributed by atoms with E-state index in [0.717, 1.165) is 17.2 Å². The Kier molecular flexibility index (Phi) is 5.42. The van der Waals surface area contributed by atoms with Crippen molar-refractivity contribution >= 4 is 54.1 Å². The van der Waals surface area contributed by atoms with Gasteiger partial charge in [-0.15, -0.1) is 15.7 Å². The number of thiophene rings is 1.